The Bertz CT molecular complexity index is 852. The van der Waals surface area contributed by atoms with Crippen molar-refractivity contribution in [2.24, 2.45) is 0 Å². The van der Waals surface area contributed by atoms with Gasteiger partial charge in [-0.05, 0) is 60.9 Å². The van der Waals surface area contributed by atoms with Gasteiger partial charge in [-0.2, -0.15) is 4.98 Å². The third-order valence-electron chi connectivity index (χ3n) is 4.20. The van der Waals surface area contributed by atoms with Gasteiger partial charge in [-0.3, -0.25) is 0 Å². The number of hydrogen-bond donors (Lipinski definition) is 1. The van der Waals surface area contributed by atoms with Gasteiger partial charge in [-0.25, -0.2) is 0 Å². The molecule has 0 aliphatic rings. The lowest BCUT2D eigenvalue weighted by atomic mass is 10.1. The van der Waals surface area contributed by atoms with Crippen LogP contribution in [0.1, 0.15) is 12.0 Å². The maximum atomic E-state index is 5.54. The number of methoxy groups -OCH3 is 2. The van der Waals surface area contributed by atoms with Gasteiger partial charge < -0.3 is 24.1 Å². The van der Waals surface area contributed by atoms with E-state index in [1.165, 1.54) is 5.56 Å². The largest absolute Gasteiger partial charge is 0.493 e. The first kappa shape index (κ1) is 19.7. The van der Waals surface area contributed by atoms with Crippen molar-refractivity contribution in [3.05, 3.63) is 54.1 Å². The van der Waals surface area contributed by atoms with Crippen molar-refractivity contribution < 1.29 is 18.7 Å². The van der Waals surface area contributed by atoms with Gasteiger partial charge in [0.1, 0.15) is 0 Å². The summed E-state index contributed by atoms with van der Waals surface area (Å²) in [6.07, 6.45) is 1.76. The second kappa shape index (κ2) is 10.3. The van der Waals surface area contributed by atoms with E-state index < -0.39 is 0 Å². The summed E-state index contributed by atoms with van der Waals surface area (Å²) in [5.74, 6) is 1.96. The average molecular weight is 383 g/mol. The maximum absolute atomic E-state index is 5.54. The lowest BCUT2D eigenvalue weighted by Gasteiger charge is -2.10. The Hall–Kier alpha value is -3.06. The summed E-state index contributed by atoms with van der Waals surface area (Å²) < 4.78 is 21.3. The summed E-state index contributed by atoms with van der Waals surface area (Å²) in [4.78, 5) is 4.24. The smallest absolute Gasteiger partial charge is 0.354 e. The number of benzene rings is 2. The Morgan fingerprint density at radius 2 is 1.79 bits per heavy atom. The summed E-state index contributed by atoms with van der Waals surface area (Å²) in [5, 5.41) is 7.25. The van der Waals surface area contributed by atoms with Gasteiger partial charge in [-0.1, -0.05) is 24.3 Å². The second-order valence-electron chi connectivity index (χ2n) is 6.14. The van der Waals surface area contributed by atoms with Gasteiger partial charge in [0.05, 0.1) is 20.8 Å². The van der Waals surface area contributed by atoms with E-state index in [4.69, 9.17) is 18.7 Å². The number of rotatable bonds is 11. The molecule has 0 unspecified atom stereocenters. The van der Waals surface area contributed by atoms with Crippen LogP contribution in [0.2, 0.25) is 0 Å². The zero-order valence-electron chi connectivity index (χ0n) is 16.2. The van der Waals surface area contributed by atoms with Gasteiger partial charge in [0.25, 0.3) is 5.89 Å². The molecule has 1 heterocycles. The van der Waals surface area contributed by atoms with Gasteiger partial charge >= 0.3 is 6.01 Å². The fourth-order valence-corrected chi connectivity index (χ4v) is 2.72. The van der Waals surface area contributed by atoms with Crippen molar-refractivity contribution in [2.45, 2.75) is 12.8 Å². The Labute approximate surface area is 164 Å². The van der Waals surface area contributed by atoms with E-state index in [0.29, 0.717) is 12.5 Å². The molecule has 3 aromatic rings. The van der Waals surface area contributed by atoms with E-state index in [1.807, 2.05) is 48.5 Å². The van der Waals surface area contributed by atoms with Crippen LogP contribution in [0, 0.1) is 0 Å². The summed E-state index contributed by atoms with van der Waals surface area (Å²) in [6.45, 7) is 2.24. The SMILES string of the molecule is COc1ccc(CCNCCCOc2noc(-c3ccccc3)n2)cc1OC. The standard InChI is InChI=1S/C21H25N3O4/c1-25-18-10-9-16(15-19(18)26-2)11-13-22-12-6-14-27-21-23-20(28-24-21)17-7-4-3-5-8-17/h3-5,7-10,15,22H,6,11-14H2,1-2H3. The minimum atomic E-state index is 0.268. The van der Waals surface area contributed by atoms with E-state index in [9.17, 15) is 0 Å². The van der Waals surface area contributed by atoms with E-state index in [1.54, 1.807) is 14.2 Å². The third kappa shape index (κ3) is 5.47. The van der Waals surface area contributed by atoms with E-state index in [-0.39, 0.29) is 6.01 Å². The lowest BCUT2D eigenvalue weighted by molar-refractivity contribution is 0.268. The molecule has 0 saturated heterocycles. The molecule has 0 bridgehead atoms. The van der Waals surface area contributed by atoms with Crippen molar-refractivity contribution in [1.82, 2.24) is 15.5 Å². The minimum absolute atomic E-state index is 0.268. The molecule has 28 heavy (non-hydrogen) atoms. The van der Waals surface area contributed by atoms with Crippen LogP contribution >= 0.6 is 0 Å². The Morgan fingerprint density at radius 3 is 2.57 bits per heavy atom. The molecule has 0 spiro atoms. The summed E-state index contributed by atoms with van der Waals surface area (Å²) in [7, 11) is 3.28. The zero-order valence-corrected chi connectivity index (χ0v) is 16.2. The third-order valence-corrected chi connectivity index (χ3v) is 4.20. The van der Waals surface area contributed by atoms with Crippen LogP contribution in [-0.4, -0.2) is 44.1 Å². The number of nitrogens with zero attached hydrogens (tertiary/aromatic N) is 2. The monoisotopic (exact) mass is 383 g/mol. The van der Waals surface area contributed by atoms with Crippen LogP contribution in [0.15, 0.2) is 53.1 Å². The maximum Gasteiger partial charge on any atom is 0.354 e. The second-order valence-corrected chi connectivity index (χ2v) is 6.14. The predicted octanol–water partition coefficient (Wildman–Crippen LogP) is 3.36. The summed E-state index contributed by atoms with van der Waals surface area (Å²) in [5.41, 5.74) is 2.07. The molecule has 0 aliphatic heterocycles. The Kier molecular flexibility index (Phi) is 7.26. The molecule has 0 saturated carbocycles. The molecule has 148 valence electrons. The molecule has 0 atom stereocenters. The highest BCUT2D eigenvalue weighted by atomic mass is 16.6. The molecule has 0 radical (unpaired) electrons. The van der Waals surface area contributed by atoms with Gasteiger partial charge in [-0.15, -0.1) is 0 Å². The number of ether oxygens (including phenoxy) is 3. The molecule has 0 amide bonds. The molecule has 0 fully saturated rings. The molecule has 1 aromatic heterocycles. The van der Waals surface area contributed by atoms with Crippen molar-refractivity contribution in [1.29, 1.82) is 0 Å². The molecule has 1 N–H and O–H groups in total. The van der Waals surface area contributed by atoms with Crippen LogP contribution in [0.25, 0.3) is 11.5 Å². The molecule has 2 aromatic carbocycles. The van der Waals surface area contributed by atoms with Crippen molar-refractivity contribution in [3.8, 4) is 29.0 Å². The van der Waals surface area contributed by atoms with Gasteiger partial charge in [0, 0.05) is 5.56 Å². The quantitative estimate of drug-likeness (QED) is 0.509. The topological polar surface area (TPSA) is 78.6 Å². The first-order valence-electron chi connectivity index (χ1n) is 9.23. The van der Waals surface area contributed by atoms with Gasteiger partial charge in [0.2, 0.25) is 0 Å². The van der Waals surface area contributed by atoms with Crippen LogP contribution < -0.4 is 19.5 Å². The van der Waals surface area contributed by atoms with Crippen molar-refractivity contribution >= 4 is 0 Å². The Morgan fingerprint density at radius 1 is 0.964 bits per heavy atom. The first-order chi connectivity index (χ1) is 13.8. The number of hydrogen-bond acceptors (Lipinski definition) is 7. The van der Waals surface area contributed by atoms with E-state index in [2.05, 4.69) is 15.5 Å². The van der Waals surface area contributed by atoms with Crippen molar-refractivity contribution in [2.75, 3.05) is 33.9 Å². The molecule has 0 aliphatic carbocycles. The molecule has 7 nitrogen and oxygen atoms in total. The average Bonchev–Trinajstić information content (AvgIpc) is 3.22. The van der Waals surface area contributed by atoms with Crippen LogP contribution in [0.5, 0.6) is 17.5 Å². The highest BCUT2D eigenvalue weighted by molar-refractivity contribution is 5.52. The summed E-state index contributed by atoms with van der Waals surface area (Å²) in [6, 6.07) is 15.9. The van der Waals surface area contributed by atoms with E-state index >= 15 is 0 Å². The highest BCUT2D eigenvalue weighted by Gasteiger charge is 2.09. The lowest BCUT2D eigenvalue weighted by Crippen LogP contribution is -2.20. The van der Waals surface area contributed by atoms with Crippen LogP contribution in [0.4, 0.5) is 0 Å². The van der Waals surface area contributed by atoms with Crippen LogP contribution in [-0.2, 0) is 6.42 Å². The fraction of sp³-hybridized carbons (Fsp3) is 0.333. The molecular weight excluding hydrogens is 358 g/mol. The summed E-state index contributed by atoms with van der Waals surface area (Å²) >= 11 is 0. The predicted molar refractivity (Wildman–Crippen MR) is 106 cm³/mol. The van der Waals surface area contributed by atoms with Crippen LogP contribution in [0.3, 0.4) is 0 Å². The molecule has 3 rings (SSSR count). The van der Waals surface area contributed by atoms with Crippen molar-refractivity contribution in [3.63, 3.8) is 0 Å². The fourth-order valence-electron chi connectivity index (χ4n) is 2.72. The molecular formula is C21H25N3O4. The molecule has 7 heteroatoms. The number of aromatic nitrogens is 2. The zero-order chi connectivity index (χ0) is 19.6. The highest BCUT2D eigenvalue weighted by Crippen LogP contribution is 2.27. The van der Waals surface area contributed by atoms with E-state index in [0.717, 1.165) is 43.0 Å². The number of nitrogens with one attached hydrogen (secondary N) is 1. The minimum Gasteiger partial charge on any atom is -0.493 e. The Balaban J connectivity index is 1.32. The first-order valence-corrected chi connectivity index (χ1v) is 9.23. The van der Waals surface area contributed by atoms with Gasteiger partial charge in [0.15, 0.2) is 11.5 Å². The normalized spacial score (nSPS) is 10.6.